The van der Waals surface area contributed by atoms with Crippen LogP contribution in [0.4, 0.5) is 4.79 Å². The highest BCUT2D eigenvalue weighted by atomic mass is 16.5. The van der Waals surface area contributed by atoms with Crippen molar-refractivity contribution in [1.82, 2.24) is 4.90 Å². The molecule has 2 aliphatic rings. The van der Waals surface area contributed by atoms with E-state index in [1.807, 2.05) is 13.8 Å². The molecule has 0 aromatic carbocycles. The number of urea groups is 1. The SMILES string of the molecule is C#CC(C)N1C(=O)N=C(N)C12CCOC(C)(CC)C2. The van der Waals surface area contributed by atoms with E-state index in [1.165, 1.54) is 0 Å². The van der Waals surface area contributed by atoms with Gasteiger partial charge < -0.3 is 10.5 Å². The number of hydrogen-bond acceptors (Lipinski definition) is 3. The van der Waals surface area contributed by atoms with Crippen LogP contribution in [0.3, 0.4) is 0 Å². The molecule has 0 aromatic rings. The highest BCUT2D eigenvalue weighted by Crippen LogP contribution is 2.42. The lowest BCUT2D eigenvalue weighted by Crippen LogP contribution is -2.63. The molecule has 2 N–H and O–H groups in total. The fourth-order valence-corrected chi connectivity index (χ4v) is 3.05. The van der Waals surface area contributed by atoms with Gasteiger partial charge in [0, 0.05) is 19.4 Å². The molecule has 2 heterocycles. The molecule has 1 fully saturated rings. The highest BCUT2D eigenvalue weighted by molar-refractivity contribution is 6.06. The van der Waals surface area contributed by atoms with Crippen LogP contribution in [0, 0.1) is 12.3 Å². The summed E-state index contributed by atoms with van der Waals surface area (Å²) in [4.78, 5) is 17.7. The summed E-state index contributed by atoms with van der Waals surface area (Å²) < 4.78 is 5.85. The number of rotatable bonds is 2. The van der Waals surface area contributed by atoms with E-state index >= 15 is 0 Å². The van der Waals surface area contributed by atoms with Crippen LogP contribution in [0.2, 0.25) is 0 Å². The van der Waals surface area contributed by atoms with E-state index in [2.05, 4.69) is 17.8 Å². The lowest BCUT2D eigenvalue weighted by Gasteiger charge is -2.48. The van der Waals surface area contributed by atoms with Gasteiger partial charge in [-0.05, 0) is 20.3 Å². The summed E-state index contributed by atoms with van der Waals surface area (Å²) in [6.07, 6.45) is 7.63. The maximum Gasteiger partial charge on any atom is 0.347 e. The number of hydrogen-bond donors (Lipinski definition) is 1. The Balaban J connectivity index is 2.41. The zero-order valence-corrected chi connectivity index (χ0v) is 11.8. The largest absolute Gasteiger partial charge is 0.385 e. The number of carbonyl (C=O) groups excluding carboxylic acids is 1. The Morgan fingerprint density at radius 1 is 1.68 bits per heavy atom. The van der Waals surface area contributed by atoms with Crippen LogP contribution in [0.15, 0.2) is 4.99 Å². The predicted molar refractivity (Wildman–Crippen MR) is 73.8 cm³/mol. The van der Waals surface area contributed by atoms with Crippen LogP contribution in [-0.4, -0.2) is 40.6 Å². The number of amides is 2. The molecule has 0 bridgehead atoms. The number of amidine groups is 1. The molecular formula is C14H21N3O2. The van der Waals surface area contributed by atoms with Crippen molar-refractivity contribution in [2.45, 2.75) is 57.2 Å². The number of nitrogens with two attached hydrogens (primary N) is 1. The Kier molecular flexibility index (Phi) is 3.31. The van der Waals surface area contributed by atoms with Gasteiger partial charge in [-0.2, -0.15) is 4.99 Å². The molecular weight excluding hydrogens is 242 g/mol. The molecule has 3 unspecified atom stereocenters. The first-order chi connectivity index (χ1) is 8.88. The summed E-state index contributed by atoms with van der Waals surface area (Å²) in [5.41, 5.74) is 5.18. The number of aliphatic imine (C=N–C) groups is 1. The van der Waals surface area contributed by atoms with Crippen LogP contribution < -0.4 is 5.73 Å². The zero-order chi connectivity index (χ0) is 14.3. The van der Waals surface area contributed by atoms with Gasteiger partial charge in [-0.15, -0.1) is 6.42 Å². The van der Waals surface area contributed by atoms with E-state index in [0.717, 1.165) is 6.42 Å². The van der Waals surface area contributed by atoms with Crippen LogP contribution >= 0.6 is 0 Å². The smallest absolute Gasteiger partial charge is 0.347 e. The number of nitrogens with zero attached hydrogens (tertiary/aromatic N) is 2. The summed E-state index contributed by atoms with van der Waals surface area (Å²) in [6.45, 7) is 6.49. The van der Waals surface area contributed by atoms with Crippen molar-refractivity contribution in [3.05, 3.63) is 0 Å². The molecule has 3 atom stereocenters. The van der Waals surface area contributed by atoms with Gasteiger partial charge in [0.25, 0.3) is 0 Å². The first kappa shape index (κ1) is 13.9. The lowest BCUT2D eigenvalue weighted by molar-refractivity contribution is -0.104. The fraction of sp³-hybridized carbons (Fsp3) is 0.714. The average molecular weight is 263 g/mol. The number of terminal acetylenes is 1. The van der Waals surface area contributed by atoms with Gasteiger partial charge in [0.15, 0.2) is 0 Å². The van der Waals surface area contributed by atoms with Crippen LogP contribution in [0.1, 0.15) is 40.0 Å². The molecule has 0 aliphatic carbocycles. The molecule has 2 amide bonds. The van der Waals surface area contributed by atoms with Gasteiger partial charge in [-0.3, -0.25) is 4.90 Å². The molecule has 1 saturated heterocycles. The van der Waals surface area contributed by atoms with Crippen molar-refractivity contribution >= 4 is 11.9 Å². The maximum absolute atomic E-state index is 12.1. The quantitative estimate of drug-likeness (QED) is 0.768. The zero-order valence-electron chi connectivity index (χ0n) is 11.8. The normalized spacial score (nSPS) is 36.2. The lowest BCUT2D eigenvalue weighted by atomic mass is 9.77. The molecule has 5 heteroatoms. The number of carbonyl (C=O) groups is 1. The van der Waals surface area contributed by atoms with Crippen molar-refractivity contribution in [2.75, 3.05) is 6.61 Å². The summed E-state index contributed by atoms with van der Waals surface area (Å²) in [5.74, 6) is 2.99. The van der Waals surface area contributed by atoms with Gasteiger partial charge >= 0.3 is 6.03 Å². The summed E-state index contributed by atoms with van der Waals surface area (Å²) in [6, 6.07) is -0.653. The van der Waals surface area contributed by atoms with Crippen LogP contribution in [0.5, 0.6) is 0 Å². The Labute approximate surface area is 114 Å². The summed E-state index contributed by atoms with van der Waals surface area (Å²) >= 11 is 0. The van der Waals surface area contributed by atoms with Crippen molar-refractivity contribution in [1.29, 1.82) is 0 Å². The Hall–Kier alpha value is -1.54. The van der Waals surface area contributed by atoms with E-state index in [0.29, 0.717) is 25.3 Å². The molecule has 5 nitrogen and oxygen atoms in total. The first-order valence-electron chi connectivity index (χ1n) is 6.66. The second-order valence-electron chi connectivity index (χ2n) is 5.60. The fourth-order valence-electron chi connectivity index (χ4n) is 3.05. The monoisotopic (exact) mass is 263 g/mol. The third kappa shape index (κ3) is 2.00. The summed E-state index contributed by atoms with van der Waals surface area (Å²) in [7, 11) is 0. The van der Waals surface area contributed by atoms with Gasteiger partial charge in [0.1, 0.15) is 11.4 Å². The average Bonchev–Trinajstić information content (AvgIpc) is 2.60. The van der Waals surface area contributed by atoms with Gasteiger partial charge in [-0.1, -0.05) is 12.8 Å². The van der Waals surface area contributed by atoms with E-state index in [1.54, 1.807) is 4.90 Å². The van der Waals surface area contributed by atoms with Gasteiger partial charge in [-0.25, -0.2) is 4.79 Å². The van der Waals surface area contributed by atoms with E-state index < -0.39 is 5.54 Å². The van der Waals surface area contributed by atoms with E-state index in [9.17, 15) is 4.79 Å². The molecule has 0 saturated carbocycles. The minimum absolute atomic E-state index is 0.296. The molecule has 19 heavy (non-hydrogen) atoms. The van der Waals surface area contributed by atoms with Gasteiger partial charge in [0.2, 0.25) is 0 Å². The van der Waals surface area contributed by atoms with Crippen molar-refractivity contribution in [3.63, 3.8) is 0 Å². The topological polar surface area (TPSA) is 67.9 Å². The first-order valence-corrected chi connectivity index (χ1v) is 6.66. The second kappa shape index (κ2) is 4.53. The Morgan fingerprint density at radius 2 is 2.37 bits per heavy atom. The molecule has 2 aliphatic heterocycles. The summed E-state index contributed by atoms with van der Waals surface area (Å²) in [5, 5.41) is 0. The second-order valence-corrected chi connectivity index (χ2v) is 5.60. The third-order valence-electron chi connectivity index (χ3n) is 4.37. The Bertz CT molecular complexity index is 468. The minimum atomic E-state index is -0.578. The van der Waals surface area contributed by atoms with E-state index in [-0.39, 0.29) is 17.7 Å². The standard InChI is InChI=1S/C14H21N3O2/c1-5-10(3)17-12(18)16-11(15)14(17)7-8-19-13(4,6-2)9-14/h1,10H,6-9H2,2-4H3,(H2,15,16,18). The van der Waals surface area contributed by atoms with Crippen molar-refractivity contribution in [2.24, 2.45) is 10.7 Å². The van der Waals surface area contributed by atoms with E-state index in [4.69, 9.17) is 16.9 Å². The third-order valence-corrected chi connectivity index (χ3v) is 4.37. The molecule has 0 radical (unpaired) electrons. The number of ether oxygens (including phenoxy) is 1. The van der Waals surface area contributed by atoms with Gasteiger partial charge in [0.05, 0.1) is 11.6 Å². The van der Waals surface area contributed by atoms with Crippen molar-refractivity contribution < 1.29 is 9.53 Å². The molecule has 1 spiro atoms. The van der Waals surface area contributed by atoms with Crippen molar-refractivity contribution in [3.8, 4) is 12.3 Å². The minimum Gasteiger partial charge on any atom is -0.385 e. The molecule has 104 valence electrons. The Morgan fingerprint density at radius 3 is 2.95 bits per heavy atom. The van der Waals surface area contributed by atoms with Crippen LogP contribution in [-0.2, 0) is 4.74 Å². The molecule has 0 aromatic heterocycles. The van der Waals surface area contributed by atoms with Crippen LogP contribution in [0.25, 0.3) is 0 Å². The predicted octanol–water partition coefficient (Wildman–Crippen LogP) is 1.52. The molecule has 2 rings (SSSR count). The maximum atomic E-state index is 12.1. The highest BCUT2D eigenvalue weighted by Gasteiger charge is 2.55.